The van der Waals surface area contributed by atoms with Crippen LogP contribution in [0.1, 0.15) is 26.3 Å². The summed E-state index contributed by atoms with van der Waals surface area (Å²) in [5.74, 6) is -2.83. The van der Waals surface area contributed by atoms with Crippen molar-refractivity contribution in [2.45, 2.75) is 0 Å². The van der Waals surface area contributed by atoms with E-state index in [0.717, 1.165) is 0 Å². The minimum absolute atomic E-state index is 0.187. The van der Waals surface area contributed by atoms with E-state index in [1.54, 1.807) is 30.3 Å². The average Bonchev–Trinajstić information content (AvgIpc) is 2.79. The quantitative estimate of drug-likeness (QED) is 0.532. The minimum Gasteiger partial charge on any atom is -0.506 e. The van der Waals surface area contributed by atoms with Crippen LogP contribution in [0.4, 0.5) is 0 Å². The van der Waals surface area contributed by atoms with E-state index >= 15 is 0 Å². The average molecular weight is 278 g/mol. The first-order valence-corrected chi connectivity index (χ1v) is 6.32. The Kier molecular flexibility index (Phi) is 2.99. The molecule has 0 heterocycles. The molecule has 0 saturated carbocycles. The lowest BCUT2D eigenvalue weighted by molar-refractivity contribution is -0.111. The number of ketones is 3. The van der Waals surface area contributed by atoms with Crippen LogP contribution in [-0.4, -0.2) is 22.5 Å². The Morgan fingerprint density at radius 2 is 1.33 bits per heavy atom. The number of hydrogen-bond acceptors (Lipinski definition) is 4. The van der Waals surface area contributed by atoms with Gasteiger partial charge in [-0.05, 0) is 0 Å². The molecule has 3 rings (SSSR count). The van der Waals surface area contributed by atoms with Gasteiger partial charge >= 0.3 is 0 Å². The molecule has 4 heteroatoms. The molecule has 0 aromatic heterocycles. The van der Waals surface area contributed by atoms with E-state index in [-0.39, 0.29) is 16.7 Å². The molecule has 0 radical (unpaired) electrons. The zero-order chi connectivity index (χ0) is 15.0. The molecule has 0 saturated heterocycles. The maximum absolute atomic E-state index is 12.2. The molecule has 0 amide bonds. The minimum atomic E-state index is -0.986. The van der Waals surface area contributed by atoms with Crippen molar-refractivity contribution in [2.75, 3.05) is 0 Å². The topological polar surface area (TPSA) is 71.4 Å². The molecule has 4 nitrogen and oxygen atoms in total. The summed E-state index contributed by atoms with van der Waals surface area (Å²) < 4.78 is 0. The maximum atomic E-state index is 12.2. The predicted molar refractivity (Wildman–Crippen MR) is 76.1 cm³/mol. The Labute approximate surface area is 120 Å². The summed E-state index contributed by atoms with van der Waals surface area (Å²) in [6.07, 6.45) is 0. The van der Waals surface area contributed by atoms with Gasteiger partial charge in [-0.1, -0.05) is 54.6 Å². The van der Waals surface area contributed by atoms with E-state index in [1.165, 1.54) is 24.3 Å². The van der Waals surface area contributed by atoms with Crippen molar-refractivity contribution < 1.29 is 19.5 Å². The van der Waals surface area contributed by atoms with Crippen LogP contribution in [0, 0.1) is 0 Å². The van der Waals surface area contributed by atoms with Crippen LogP contribution in [0.3, 0.4) is 0 Å². The number of aliphatic hydroxyl groups is 1. The predicted octanol–water partition coefficient (Wildman–Crippen LogP) is 2.60. The monoisotopic (exact) mass is 278 g/mol. The number of carbonyl (C=O) groups excluding carboxylic acids is 3. The first-order chi connectivity index (χ1) is 10.1. The molecule has 0 bridgehead atoms. The second-order valence-corrected chi connectivity index (χ2v) is 4.62. The summed E-state index contributed by atoms with van der Waals surface area (Å²) in [5.41, 5.74) is 0.252. The van der Waals surface area contributed by atoms with Crippen molar-refractivity contribution in [3.8, 4) is 0 Å². The highest BCUT2D eigenvalue weighted by Gasteiger charge is 2.36. The molecule has 0 spiro atoms. The van der Waals surface area contributed by atoms with E-state index in [0.29, 0.717) is 0 Å². The fourth-order valence-electron chi connectivity index (χ4n) is 2.31. The molecule has 21 heavy (non-hydrogen) atoms. The van der Waals surface area contributed by atoms with Crippen molar-refractivity contribution in [3.63, 3.8) is 0 Å². The van der Waals surface area contributed by atoms with E-state index in [4.69, 9.17) is 0 Å². The van der Waals surface area contributed by atoms with Crippen molar-refractivity contribution >= 4 is 23.1 Å². The Hall–Kier alpha value is -3.01. The van der Waals surface area contributed by atoms with Crippen molar-refractivity contribution in [1.29, 1.82) is 0 Å². The maximum Gasteiger partial charge on any atom is 0.241 e. The molecular weight excluding hydrogens is 268 g/mol. The van der Waals surface area contributed by atoms with Crippen molar-refractivity contribution in [3.05, 3.63) is 76.9 Å². The molecule has 0 fully saturated rings. The van der Waals surface area contributed by atoms with Gasteiger partial charge in [-0.25, -0.2) is 0 Å². The summed E-state index contributed by atoms with van der Waals surface area (Å²) in [6.45, 7) is 0. The number of carbonyl (C=O) groups is 3. The van der Waals surface area contributed by atoms with Gasteiger partial charge in [0.15, 0.2) is 0 Å². The Morgan fingerprint density at radius 1 is 0.762 bits per heavy atom. The highest BCUT2D eigenvalue weighted by atomic mass is 16.3. The summed E-state index contributed by atoms with van der Waals surface area (Å²) in [7, 11) is 0. The van der Waals surface area contributed by atoms with Gasteiger partial charge in [-0.3, -0.25) is 14.4 Å². The van der Waals surface area contributed by atoms with E-state index in [9.17, 15) is 19.5 Å². The second kappa shape index (κ2) is 4.83. The summed E-state index contributed by atoms with van der Waals surface area (Å²) in [4.78, 5) is 36.6. The zero-order valence-electron chi connectivity index (χ0n) is 10.9. The van der Waals surface area contributed by atoms with E-state index in [2.05, 4.69) is 0 Å². The number of benzene rings is 2. The lowest BCUT2D eigenvalue weighted by Crippen LogP contribution is -2.20. The number of hydrogen-bond donors (Lipinski definition) is 1. The summed E-state index contributed by atoms with van der Waals surface area (Å²) in [5, 5.41) is 10.1. The highest BCUT2D eigenvalue weighted by molar-refractivity contribution is 6.57. The van der Waals surface area contributed by atoms with E-state index < -0.39 is 28.7 Å². The third kappa shape index (κ3) is 1.97. The van der Waals surface area contributed by atoms with Crippen molar-refractivity contribution in [2.24, 2.45) is 0 Å². The number of fused-ring (bicyclic) bond motifs is 1. The fraction of sp³-hybridized carbons (Fsp3) is 0. The van der Waals surface area contributed by atoms with Gasteiger partial charge in [0.2, 0.25) is 17.3 Å². The van der Waals surface area contributed by atoms with Gasteiger partial charge < -0.3 is 5.11 Å². The molecule has 1 aliphatic rings. The summed E-state index contributed by atoms with van der Waals surface area (Å²) in [6, 6.07) is 14.3. The Morgan fingerprint density at radius 3 is 1.95 bits per heavy atom. The van der Waals surface area contributed by atoms with Gasteiger partial charge in [-0.2, -0.15) is 0 Å². The van der Waals surface area contributed by atoms with Crippen LogP contribution in [0.2, 0.25) is 0 Å². The van der Waals surface area contributed by atoms with Gasteiger partial charge in [0.1, 0.15) is 11.3 Å². The number of Topliss-reactive ketones (excluding diaryl/α,β-unsaturated/α-hetero) is 3. The zero-order valence-corrected chi connectivity index (χ0v) is 10.9. The van der Waals surface area contributed by atoms with Crippen LogP contribution in [0.5, 0.6) is 0 Å². The van der Waals surface area contributed by atoms with Crippen LogP contribution < -0.4 is 0 Å². The molecule has 0 unspecified atom stereocenters. The molecule has 0 aliphatic heterocycles. The largest absolute Gasteiger partial charge is 0.506 e. The third-order valence-electron chi connectivity index (χ3n) is 3.36. The first kappa shape index (κ1) is 13.0. The molecule has 1 N–H and O–H groups in total. The van der Waals surface area contributed by atoms with Gasteiger partial charge in [-0.15, -0.1) is 0 Å². The highest BCUT2D eigenvalue weighted by Crippen LogP contribution is 2.31. The Bertz CT molecular complexity index is 801. The Balaban J connectivity index is 2.03. The lowest BCUT2D eigenvalue weighted by Gasteiger charge is -2.01. The first-order valence-electron chi connectivity index (χ1n) is 6.32. The number of rotatable bonds is 3. The van der Waals surface area contributed by atoms with Crippen LogP contribution >= 0.6 is 0 Å². The fourth-order valence-corrected chi connectivity index (χ4v) is 2.31. The molecule has 102 valence electrons. The van der Waals surface area contributed by atoms with E-state index in [1.807, 2.05) is 0 Å². The van der Waals surface area contributed by atoms with Crippen LogP contribution in [0.15, 0.2) is 60.2 Å². The van der Waals surface area contributed by atoms with Crippen LogP contribution in [-0.2, 0) is 4.79 Å². The standard InChI is InChI=1S/C17H10O4/c18-14(10-6-2-1-3-7-10)17(21)13-15(19)11-8-4-5-9-12(11)16(13)20/h1-9,19H. The van der Waals surface area contributed by atoms with Gasteiger partial charge in [0, 0.05) is 16.7 Å². The SMILES string of the molecule is O=C(C(=O)c1ccccc1)C1=C(O)c2ccccc2C1=O. The smallest absolute Gasteiger partial charge is 0.241 e. The number of allylic oxidation sites excluding steroid dienone is 1. The molecule has 1 aliphatic carbocycles. The second-order valence-electron chi connectivity index (χ2n) is 4.62. The normalized spacial score (nSPS) is 13.2. The third-order valence-corrected chi connectivity index (χ3v) is 3.36. The molecule has 2 aromatic rings. The van der Waals surface area contributed by atoms with Gasteiger partial charge in [0.25, 0.3) is 0 Å². The van der Waals surface area contributed by atoms with Crippen molar-refractivity contribution in [1.82, 2.24) is 0 Å². The van der Waals surface area contributed by atoms with Gasteiger partial charge in [0.05, 0.1) is 0 Å². The molecular formula is C17H10O4. The summed E-state index contributed by atoms with van der Waals surface area (Å²) >= 11 is 0. The lowest BCUT2D eigenvalue weighted by atomic mass is 9.99. The number of aliphatic hydroxyl groups excluding tert-OH is 1. The van der Waals surface area contributed by atoms with Crippen LogP contribution in [0.25, 0.3) is 5.76 Å². The molecule has 0 atom stereocenters. The molecule has 2 aromatic carbocycles.